The first kappa shape index (κ1) is 25.3. The molecule has 0 aliphatic carbocycles. The Labute approximate surface area is 157 Å². The second kappa shape index (κ2) is 16.4. The van der Waals surface area contributed by atoms with Crippen molar-refractivity contribution in [1.29, 1.82) is 0 Å². The number of nitrogens with one attached hydrogen (secondary N) is 1. The van der Waals surface area contributed by atoms with E-state index < -0.39 is 18.2 Å². The Hall–Kier alpha value is -0.730. The highest BCUT2D eigenvalue weighted by atomic mass is 16.3. The van der Waals surface area contributed by atoms with Gasteiger partial charge in [0.05, 0.1) is 31.0 Å². The van der Waals surface area contributed by atoms with Crippen molar-refractivity contribution in [3.63, 3.8) is 0 Å². The largest absolute Gasteiger partial charge is 0.483 e. The molecule has 0 unspecified atom stereocenters. The van der Waals surface area contributed by atoms with E-state index in [-0.39, 0.29) is 25.2 Å². The molecule has 1 aliphatic heterocycles. The number of aliphatic hydroxyl groups excluding tert-OH is 4. The molecule has 7 nitrogen and oxygen atoms in total. The van der Waals surface area contributed by atoms with Gasteiger partial charge in [-0.1, -0.05) is 58.3 Å². The van der Waals surface area contributed by atoms with Crippen molar-refractivity contribution in [2.45, 2.75) is 108 Å². The van der Waals surface area contributed by atoms with E-state index in [0.29, 0.717) is 12.8 Å². The van der Waals surface area contributed by atoms with Crippen molar-refractivity contribution in [3.05, 3.63) is 0 Å². The average Bonchev–Trinajstić information content (AvgIpc) is 2.61. The SMILES string of the molecule is CCCCCCCCCC[C@@H](O)C[C@@H]1C[C@@H](O)[C@H](O)[C@H](CO)N1.O=CO. The van der Waals surface area contributed by atoms with Crippen molar-refractivity contribution >= 4 is 6.47 Å². The number of hydrogen-bond acceptors (Lipinski definition) is 6. The van der Waals surface area contributed by atoms with E-state index in [0.717, 1.165) is 12.8 Å². The quantitative estimate of drug-likeness (QED) is 0.224. The van der Waals surface area contributed by atoms with Crippen LogP contribution in [0.2, 0.25) is 0 Å². The molecular weight excluding hydrogens is 338 g/mol. The molecule has 0 bridgehead atoms. The molecule has 1 rings (SSSR count). The van der Waals surface area contributed by atoms with Gasteiger partial charge in [0.2, 0.25) is 0 Å². The van der Waals surface area contributed by atoms with Crippen molar-refractivity contribution < 1.29 is 30.3 Å². The Bertz CT molecular complexity index is 331. The van der Waals surface area contributed by atoms with Crippen molar-refractivity contribution in [3.8, 4) is 0 Å². The Morgan fingerprint density at radius 3 is 2.15 bits per heavy atom. The number of piperidine rings is 1. The molecule has 1 aliphatic rings. The summed E-state index contributed by atoms with van der Waals surface area (Å²) in [6.45, 7) is 1.77. The minimum absolute atomic E-state index is 0.0467. The van der Waals surface area contributed by atoms with E-state index in [9.17, 15) is 20.4 Å². The third-order valence-corrected chi connectivity index (χ3v) is 4.93. The summed E-state index contributed by atoms with van der Waals surface area (Å²) in [5.74, 6) is 0. The maximum absolute atomic E-state index is 10.1. The van der Waals surface area contributed by atoms with E-state index in [1.165, 1.54) is 44.9 Å². The number of carboxylic acid groups (broad SMARTS) is 1. The van der Waals surface area contributed by atoms with E-state index in [1.54, 1.807) is 0 Å². The summed E-state index contributed by atoms with van der Waals surface area (Å²) in [4.78, 5) is 8.36. The van der Waals surface area contributed by atoms with Crippen LogP contribution in [0.25, 0.3) is 0 Å². The van der Waals surface area contributed by atoms with Gasteiger partial charge in [-0.05, 0) is 19.3 Å². The van der Waals surface area contributed by atoms with Crippen LogP contribution in [0.3, 0.4) is 0 Å². The molecule has 0 spiro atoms. The zero-order chi connectivity index (χ0) is 19.8. The Morgan fingerprint density at radius 2 is 1.62 bits per heavy atom. The summed E-state index contributed by atoms with van der Waals surface area (Å²) in [5.41, 5.74) is 0. The van der Waals surface area contributed by atoms with Crippen LogP contribution in [0.5, 0.6) is 0 Å². The van der Waals surface area contributed by atoms with Gasteiger partial charge >= 0.3 is 0 Å². The van der Waals surface area contributed by atoms with Crippen molar-refractivity contribution in [2.24, 2.45) is 0 Å². The number of rotatable bonds is 12. The lowest BCUT2D eigenvalue weighted by molar-refractivity contribution is -0.122. The highest BCUT2D eigenvalue weighted by Gasteiger charge is 2.35. The van der Waals surface area contributed by atoms with Gasteiger partial charge < -0.3 is 30.8 Å². The average molecular weight is 378 g/mol. The molecular formula is C19H39NO6. The molecule has 0 amide bonds. The highest BCUT2D eigenvalue weighted by molar-refractivity contribution is 5.32. The Balaban J connectivity index is 0.00000194. The number of aliphatic hydroxyl groups is 4. The molecule has 1 fully saturated rings. The molecule has 26 heavy (non-hydrogen) atoms. The van der Waals surface area contributed by atoms with Gasteiger partial charge in [0, 0.05) is 6.04 Å². The number of hydrogen-bond donors (Lipinski definition) is 6. The van der Waals surface area contributed by atoms with Crippen LogP contribution < -0.4 is 5.32 Å². The van der Waals surface area contributed by atoms with E-state index in [4.69, 9.17) is 9.90 Å². The summed E-state index contributed by atoms with van der Waals surface area (Å²) in [6.07, 6.45) is 9.67. The molecule has 0 aromatic heterocycles. The van der Waals surface area contributed by atoms with Gasteiger partial charge in [-0.25, -0.2) is 0 Å². The van der Waals surface area contributed by atoms with Gasteiger partial charge in [0.15, 0.2) is 0 Å². The topological polar surface area (TPSA) is 130 Å². The first-order chi connectivity index (χ1) is 12.5. The zero-order valence-electron chi connectivity index (χ0n) is 16.1. The third kappa shape index (κ3) is 11.8. The second-order valence-electron chi connectivity index (χ2n) is 7.20. The summed E-state index contributed by atoms with van der Waals surface area (Å²) in [6, 6.07) is -0.548. The molecule has 0 aromatic rings. The zero-order valence-corrected chi connectivity index (χ0v) is 16.1. The lowest BCUT2D eigenvalue weighted by Crippen LogP contribution is -2.59. The predicted octanol–water partition coefficient (Wildman–Crippen LogP) is 1.41. The Kier molecular flexibility index (Phi) is 16.0. The molecule has 6 N–H and O–H groups in total. The van der Waals surface area contributed by atoms with Crippen LogP contribution in [-0.2, 0) is 4.79 Å². The third-order valence-electron chi connectivity index (χ3n) is 4.93. The minimum Gasteiger partial charge on any atom is -0.483 e. The van der Waals surface area contributed by atoms with Crippen LogP contribution in [0.1, 0.15) is 77.6 Å². The van der Waals surface area contributed by atoms with E-state index in [2.05, 4.69) is 12.2 Å². The molecule has 7 heteroatoms. The standard InChI is InChI=1S/C18H37NO4.CH2O2/c1-2-3-4-5-6-7-8-9-10-15(21)11-14-12-17(22)18(23)16(13-20)19-14;2-1-3/h14-23H,2-13H2,1H3;1H,(H,2,3)/t14-,15-,16+,17-,18-;/m1./s1. The Morgan fingerprint density at radius 1 is 1.08 bits per heavy atom. The minimum atomic E-state index is -0.930. The molecule has 0 radical (unpaired) electrons. The molecule has 1 heterocycles. The molecule has 5 atom stereocenters. The van der Waals surface area contributed by atoms with Crippen LogP contribution >= 0.6 is 0 Å². The van der Waals surface area contributed by atoms with Gasteiger partial charge in [-0.3, -0.25) is 4.79 Å². The summed E-state index contributed by atoms with van der Waals surface area (Å²) in [7, 11) is 0. The first-order valence-corrected chi connectivity index (χ1v) is 9.99. The molecule has 156 valence electrons. The van der Waals surface area contributed by atoms with Gasteiger partial charge in [0.1, 0.15) is 0 Å². The van der Waals surface area contributed by atoms with Crippen LogP contribution in [0, 0.1) is 0 Å². The predicted molar refractivity (Wildman–Crippen MR) is 101 cm³/mol. The number of carbonyl (C=O) groups is 1. The second-order valence-corrected chi connectivity index (χ2v) is 7.20. The van der Waals surface area contributed by atoms with Gasteiger partial charge in [-0.2, -0.15) is 0 Å². The van der Waals surface area contributed by atoms with Crippen molar-refractivity contribution in [2.75, 3.05) is 6.61 Å². The van der Waals surface area contributed by atoms with E-state index in [1.807, 2.05) is 0 Å². The van der Waals surface area contributed by atoms with Crippen LogP contribution in [0.4, 0.5) is 0 Å². The molecule has 1 saturated heterocycles. The fraction of sp³-hybridized carbons (Fsp3) is 0.947. The van der Waals surface area contributed by atoms with Crippen molar-refractivity contribution in [1.82, 2.24) is 5.32 Å². The monoisotopic (exact) mass is 377 g/mol. The van der Waals surface area contributed by atoms with Gasteiger partial charge in [0.25, 0.3) is 6.47 Å². The highest BCUT2D eigenvalue weighted by Crippen LogP contribution is 2.20. The summed E-state index contributed by atoms with van der Waals surface area (Å²) < 4.78 is 0. The van der Waals surface area contributed by atoms with Crippen LogP contribution in [-0.4, -0.2) is 69.0 Å². The first-order valence-electron chi connectivity index (χ1n) is 9.99. The normalized spacial score (nSPS) is 26.7. The molecule has 0 saturated carbocycles. The molecule has 0 aromatic carbocycles. The summed E-state index contributed by atoms with van der Waals surface area (Å²) in [5, 5.41) is 48.9. The van der Waals surface area contributed by atoms with Gasteiger partial charge in [-0.15, -0.1) is 0 Å². The fourth-order valence-corrected chi connectivity index (χ4v) is 3.45. The van der Waals surface area contributed by atoms with E-state index >= 15 is 0 Å². The van der Waals surface area contributed by atoms with Crippen LogP contribution in [0.15, 0.2) is 0 Å². The maximum atomic E-state index is 10.1. The lowest BCUT2D eigenvalue weighted by Gasteiger charge is -2.38. The fourth-order valence-electron chi connectivity index (χ4n) is 3.45. The lowest BCUT2D eigenvalue weighted by atomic mass is 9.89. The maximum Gasteiger partial charge on any atom is 0.290 e. The number of unbranched alkanes of at least 4 members (excludes halogenated alkanes) is 7. The summed E-state index contributed by atoms with van der Waals surface area (Å²) >= 11 is 0. The smallest absolute Gasteiger partial charge is 0.290 e.